The molecule has 17 atom stereocenters. The number of aliphatic hydroxyl groups excluding tert-OH is 3. The third-order valence-electron chi connectivity index (χ3n) is 13.7. The van der Waals surface area contributed by atoms with Crippen molar-refractivity contribution in [2.24, 2.45) is 52.3 Å². The van der Waals surface area contributed by atoms with E-state index in [2.05, 4.69) is 47.6 Å². The fourth-order valence-corrected chi connectivity index (χ4v) is 11.3. The zero-order chi connectivity index (χ0) is 34.4. The molecule has 4 aliphatic carbocycles. The number of aliphatic carboxylic acids is 1. The number of ether oxygens (including phenoxy) is 3. The summed E-state index contributed by atoms with van der Waals surface area (Å²) in [7, 11) is -4.78. The SMILES string of the molecule is CC(C)[C@@H](C)[C@@H]1O[C@H]1[C@@H](C)[C@H]1CC[C@H]2[C@@H]3C[C@H](OS(=O)(=O)O)[C@H]4C[C@@H](O[C@@H]5O[C@H](C(=O)[O-])[C@@H](O)[C@H](O)[C@H]5O)CC[C@]4(C)C3=CC[C@]12C.[Na+]. The van der Waals surface area contributed by atoms with E-state index >= 15 is 0 Å². The largest absolute Gasteiger partial charge is 1.00 e. The van der Waals surface area contributed by atoms with Crippen molar-refractivity contribution in [2.45, 2.75) is 142 Å². The molecule has 6 rings (SSSR count). The Balaban J connectivity index is 0.00000451. The Morgan fingerprint density at radius 1 is 0.979 bits per heavy atom. The van der Waals surface area contributed by atoms with Gasteiger partial charge in [0.15, 0.2) is 6.29 Å². The van der Waals surface area contributed by atoms with E-state index in [4.69, 9.17) is 18.4 Å². The third-order valence-corrected chi connectivity index (χ3v) is 14.2. The quantitative estimate of drug-likeness (QED) is 0.0752. The van der Waals surface area contributed by atoms with Crippen molar-refractivity contribution >= 4 is 16.4 Å². The molecule has 2 aliphatic heterocycles. The molecule has 268 valence electrons. The molecular weight excluding hydrogens is 655 g/mol. The fourth-order valence-electron chi connectivity index (χ4n) is 10.7. The van der Waals surface area contributed by atoms with Crippen molar-refractivity contribution in [3.05, 3.63) is 11.6 Å². The zero-order valence-electron chi connectivity index (χ0n) is 29.2. The van der Waals surface area contributed by atoms with E-state index in [-0.39, 0.29) is 59.3 Å². The first-order valence-electron chi connectivity index (χ1n) is 17.4. The maximum absolute atomic E-state index is 12.2. The predicted octanol–water partition coefficient (Wildman–Crippen LogP) is -0.994. The van der Waals surface area contributed by atoms with Crippen LogP contribution in [0.3, 0.4) is 0 Å². The van der Waals surface area contributed by atoms with Crippen LogP contribution in [0.4, 0.5) is 0 Å². The summed E-state index contributed by atoms with van der Waals surface area (Å²) in [5, 5.41) is 42.3. The molecule has 3 saturated carbocycles. The van der Waals surface area contributed by atoms with Gasteiger partial charge in [0.1, 0.15) is 24.4 Å². The summed E-state index contributed by atoms with van der Waals surface area (Å²) < 4.78 is 57.3. The number of aliphatic hydroxyl groups is 3. The second kappa shape index (κ2) is 14.0. The molecular formula is C34H53NaO12S. The van der Waals surface area contributed by atoms with E-state index in [1.165, 1.54) is 5.57 Å². The summed E-state index contributed by atoms with van der Waals surface area (Å²) in [6.45, 7) is 13.6. The van der Waals surface area contributed by atoms with Crippen molar-refractivity contribution < 1.29 is 86.1 Å². The average Bonchev–Trinajstić information content (AvgIpc) is 3.70. The summed E-state index contributed by atoms with van der Waals surface area (Å²) in [5.74, 6) is 0.220. The Hall–Kier alpha value is -0.160. The Bertz CT molecular complexity index is 1340. The molecule has 0 unspecified atom stereocenters. The number of fused-ring (bicyclic) bond motifs is 5. The molecule has 0 aromatic heterocycles. The summed E-state index contributed by atoms with van der Waals surface area (Å²) in [5.41, 5.74) is 0.883. The van der Waals surface area contributed by atoms with Crippen LogP contribution in [0.2, 0.25) is 0 Å². The topological polar surface area (TPSA) is 195 Å². The molecule has 2 heterocycles. The van der Waals surface area contributed by atoms with Crippen LogP contribution in [0.5, 0.6) is 0 Å². The van der Waals surface area contributed by atoms with E-state index < -0.39 is 64.7 Å². The van der Waals surface area contributed by atoms with Gasteiger partial charge in [-0.15, -0.1) is 0 Å². The van der Waals surface area contributed by atoms with Gasteiger partial charge in [0, 0.05) is 0 Å². The van der Waals surface area contributed by atoms with Crippen LogP contribution in [0.1, 0.15) is 86.5 Å². The molecule has 0 aromatic rings. The number of allylic oxidation sites excluding steroid dienone is 2. The average molecular weight is 709 g/mol. The van der Waals surface area contributed by atoms with E-state index in [1.54, 1.807) is 0 Å². The van der Waals surface area contributed by atoms with Gasteiger partial charge in [0.05, 0.1) is 30.4 Å². The Labute approximate surface area is 306 Å². The Morgan fingerprint density at radius 2 is 1.67 bits per heavy atom. The van der Waals surface area contributed by atoms with E-state index in [1.807, 2.05) is 0 Å². The van der Waals surface area contributed by atoms with Gasteiger partial charge in [-0.2, -0.15) is 8.42 Å². The number of carboxylic acid groups (broad SMARTS) is 1. The van der Waals surface area contributed by atoms with Gasteiger partial charge in [0.2, 0.25) is 0 Å². The number of rotatable bonds is 9. The van der Waals surface area contributed by atoms with Gasteiger partial charge in [-0.05, 0) is 97.2 Å². The van der Waals surface area contributed by atoms with Gasteiger partial charge in [-0.1, -0.05) is 53.2 Å². The van der Waals surface area contributed by atoms with E-state index in [9.17, 15) is 38.2 Å². The molecule has 0 spiro atoms. The molecule has 4 N–H and O–H groups in total. The molecule has 0 aromatic carbocycles. The third kappa shape index (κ3) is 6.87. The summed E-state index contributed by atoms with van der Waals surface area (Å²) in [6.07, 6.45) is -2.52. The summed E-state index contributed by atoms with van der Waals surface area (Å²) >= 11 is 0. The Kier molecular flexibility index (Phi) is 11.4. The van der Waals surface area contributed by atoms with Crippen molar-refractivity contribution in [1.82, 2.24) is 0 Å². The molecule has 6 aliphatic rings. The number of carboxylic acids is 1. The molecule has 2 saturated heterocycles. The van der Waals surface area contributed by atoms with Crippen LogP contribution in [0.25, 0.3) is 0 Å². The van der Waals surface area contributed by atoms with Crippen molar-refractivity contribution in [2.75, 3.05) is 0 Å². The van der Waals surface area contributed by atoms with E-state index in [0.717, 1.165) is 19.3 Å². The van der Waals surface area contributed by atoms with Crippen molar-refractivity contribution in [3.8, 4) is 0 Å². The number of epoxide rings is 1. The van der Waals surface area contributed by atoms with Crippen LogP contribution >= 0.6 is 0 Å². The molecule has 0 bridgehead atoms. The number of carbonyl (C=O) groups excluding carboxylic acids is 1. The maximum Gasteiger partial charge on any atom is 1.00 e. The smallest absolute Gasteiger partial charge is 0.547 e. The maximum atomic E-state index is 12.2. The van der Waals surface area contributed by atoms with Gasteiger partial charge in [-0.3, -0.25) is 4.55 Å². The van der Waals surface area contributed by atoms with Gasteiger partial charge in [-0.25, -0.2) is 4.18 Å². The van der Waals surface area contributed by atoms with Crippen molar-refractivity contribution in [1.29, 1.82) is 0 Å². The minimum atomic E-state index is -4.78. The molecule has 48 heavy (non-hydrogen) atoms. The standard InChI is InChI=1S/C34H54O12S.Na/c1-15(2)16(3)28-29(44-28)17(4)20-7-8-21-19-14-24(46-47(40,41)42)23-13-18(9-11-34(23,6)22(19)10-12-33(20,21)5)43-32-27(37)25(35)26(36)30(45-32)31(38)39;/h10,15-21,23-30,32,35-37H,7-9,11-14H2,1-6H3,(H,38,39)(H,40,41,42);/q;+1/p-1/t16-,17+,18+,19+,20-,21+,23-,24+,25+,26+,27-,28+,29+,30+,32-,33-,34-;/m1./s1. The minimum absolute atomic E-state index is 0. The van der Waals surface area contributed by atoms with Crippen LogP contribution in [0.15, 0.2) is 11.6 Å². The van der Waals surface area contributed by atoms with Crippen LogP contribution in [0, 0.1) is 52.3 Å². The fraction of sp³-hybridized carbons (Fsp3) is 0.912. The zero-order valence-corrected chi connectivity index (χ0v) is 32.0. The predicted molar refractivity (Wildman–Crippen MR) is 165 cm³/mol. The first-order chi connectivity index (χ1) is 21.9. The van der Waals surface area contributed by atoms with Crippen LogP contribution in [-0.4, -0.2) is 89.4 Å². The molecule has 0 amide bonds. The normalized spacial score (nSPS) is 48.3. The van der Waals surface area contributed by atoms with Gasteiger partial charge >= 0.3 is 40.0 Å². The minimum Gasteiger partial charge on any atom is -0.547 e. The second-order valence-corrected chi connectivity index (χ2v) is 17.4. The second-order valence-electron chi connectivity index (χ2n) is 16.4. The van der Waals surface area contributed by atoms with Crippen LogP contribution < -0.4 is 34.7 Å². The molecule has 12 nitrogen and oxygen atoms in total. The van der Waals surface area contributed by atoms with Crippen molar-refractivity contribution in [3.63, 3.8) is 0 Å². The number of carbonyl (C=O) groups is 1. The monoisotopic (exact) mass is 708 g/mol. The first kappa shape index (κ1) is 39.1. The number of hydrogen-bond donors (Lipinski definition) is 4. The molecule has 0 radical (unpaired) electrons. The summed E-state index contributed by atoms with van der Waals surface area (Å²) in [4.78, 5) is 11.5. The first-order valence-corrected chi connectivity index (χ1v) is 18.8. The summed E-state index contributed by atoms with van der Waals surface area (Å²) in [6, 6.07) is 0. The molecule has 14 heteroatoms. The molecule has 5 fully saturated rings. The van der Waals surface area contributed by atoms with Gasteiger partial charge in [0.25, 0.3) is 0 Å². The van der Waals surface area contributed by atoms with Gasteiger partial charge < -0.3 is 39.4 Å². The van der Waals surface area contributed by atoms with E-state index in [0.29, 0.717) is 55.0 Å². The number of hydrogen-bond acceptors (Lipinski definition) is 11. The Morgan fingerprint density at radius 3 is 2.29 bits per heavy atom. The van der Waals surface area contributed by atoms with Crippen LogP contribution in [-0.2, 0) is 33.6 Å².